The summed E-state index contributed by atoms with van der Waals surface area (Å²) in [5.74, 6) is 1.32. The number of aryl methyl sites for hydroxylation is 1. The number of carbonyl (C=O) groups excluding carboxylic acids is 1. The van der Waals surface area contributed by atoms with E-state index in [-0.39, 0.29) is 11.8 Å². The van der Waals surface area contributed by atoms with Crippen LogP contribution in [0.3, 0.4) is 0 Å². The lowest BCUT2D eigenvalue weighted by atomic mass is 9.92. The molecule has 0 spiro atoms. The third-order valence-electron chi connectivity index (χ3n) is 3.72. The second kappa shape index (κ2) is 5.57. The lowest BCUT2D eigenvalue weighted by Gasteiger charge is -2.30. The summed E-state index contributed by atoms with van der Waals surface area (Å²) in [7, 11) is 1.88. The maximum absolute atomic E-state index is 12.3. The molecule has 1 aliphatic rings. The van der Waals surface area contributed by atoms with Gasteiger partial charge >= 0.3 is 0 Å². The molecule has 2 heterocycles. The van der Waals surface area contributed by atoms with E-state index in [1.807, 2.05) is 24.9 Å². The molecular weight excluding hydrogens is 228 g/mol. The second-order valence-corrected chi connectivity index (χ2v) is 5.27. The molecule has 2 rings (SSSR count). The topological polar surface area (TPSA) is 45.5 Å². The molecule has 0 aliphatic carbocycles. The number of rotatable bonds is 3. The summed E-state index contributed by atoms with van der Waals surface area (Å²) >= 11 is 0. The molecule has 1 aromatic heterocycles. The van der Waals surface area contributed by atoms with E-state index in [0.29, 0.717) is 12.6 Å². The first kappa shape index (κ1) is 13.1. The van der Waals surface area contributed by atoms with Crippen LogP contribution in [0.25, 0.3) is 0 Å². The fourth-order valence-electron chi connectivity index (χ4n) is 2.58. The Hall–Kier alpha value is -1.29. The van der Waals surface area contributed by atoms with Gasteiger partial charge in [0.1, 0.15) is 5.76 Å². The van der Waals surface area contributed by atoms with E-state index < -0.39 is 0 Å². The fraction of sp³-hybridized carbons (Fsp3) is 0.643. The summed E-state index contributed by atoms with van der Waals surface area (Å²) in [6.45, 7) is 5.65. The molecule has 0 bridgehead atoms. The molecule has 18 heavy (non-hydrogen) atoms. The molecule has 1 fully saturated rings. The van der Waals surface area contributed by atoms with Crippen molar-refractivity contribution in [2.45, 2.75) is 39.3 Å². The third kappa shape index (κ3) is 2.93. The molecule has 0 saturated carbocycles. The van der Waals surface area contributed by atoms with E-state index in [2.05, 4.69) is 12.2 Å². The largest absolute Gasteiger partial charge is 0.469 e. The van der Waals surface area contributed by atoms with Crippen LogP contribution >= 0.6 is 0 Å². The Bertz CT molecular complexity index is 414. The van der Waals surface area contributed by atoms with Crippen molar-refractivity contribution in [3.05, 3.63) is 23.7 Å². The highest BCUT2D eigenvalue weighted by Crippen LogP contribution is 2.20. The van der Waals surface area contributed by atoms with Gasteiger partial charge in [0.05, 0.1) is 6.26 Å². The molecule has 0 aromatic carbocycles. The molecule has 1 saturated heterocycles. The lowest BCUT2D eigenvalue weighted by molar-refractivity contribution is -0.135. The zero-order valence-corrected chi connectivity index (χ0v) is 11.4. The monoisotopic (exact) mass is 250 g/mol. The highest BCUT2D eigenvalue weighted by Gasteiger charge is 2.27. The Balaban J connectivity index is 1.94. The highest BCUT2D eigenvalue weighted by atomic mass is 16.3. The van der Waals surface area contributed by atoms with Gasteiger partial charge in [-0.25, -0.2) is 0 Å². The maximum Gasteiger partial charge on any atom is 0.225 e. The summed E-state index contributed by atoms with van der Waals surface area (Å²) < 4.78 is 5.26. The van der Waals surface area contributed by atoms with E-state index in [0.717, 1.165) is 30.7 Å². The quantitative estimate of drug-likeness (QED) is 0.891. The van der Waals surface area contributed by atoms with Gasteiger partial charge in [0.15, 0.2) is 0 Å². The lowest BCUT2D eigenvalue weighted by Crippen LogP contribution is -2.42. The number of amides is 1. The molecule has 1 amide bonds. The Morgan fingerprint density at radius 2 is 2.39 bits per heavy atom. The van der Waals surface area contributed by atoms with Crippen LogP contribution in [-0.2, 0) is 11.3 Å². The van der Waals surface area contributed by atoms with Gasteiger partial charge in [-0.2, -0.15) is 0 Å². The Kier molecular flexibility index (Phi) is 4.07. The summed E-state index contributed by atoms with van der Waals surface area (Å²) in [6, 6.07) is 2.38. The van der Waals surface area contributed by atoms with Crippen LogP contribution in [0.2, 0.25) is 0 Å². The van der Waals surface area contributed by atoms with Crippen LogP contribution in [0.1, 0.15) is 31.1 Å². The SMILES string of the molecule is Cc1occc1CN(C)C(=O)[C@H]1CCN[C@@H](C)C1. The number of hydrogen-bond donors (Lipinski definition) is 1. The summed E-state index contributed by atoms with van der Waals surface area (Å²) in [4.78, 5) is 14.2. The minimum Gasteiger partial charge on any atom is -0.469 e. The van der Waals surface area contributed by atoms with Crippen LogP contribution in [0.4, 0.5) is 0 Å². The van der Waals surface area contributed by atoms with Gasteiger partial charge in [-0.05, 0) is 39.3 Å². The van der Waals surface area contributed by atoms with Crippen molar-refractivity contribution >= 4 is 5.91 Å². The van der Waals surface area contributed by atoms with Gasteiger partial charge < -0.3 is 14.6 Å². The average Bonchev–Trinajstić information content (AvgIpc) is 2.74. The number of carbonyl (C=O) groups is 1. The molecular formula is C14H22N2O2. The van der Waals surface area contributed by atoms with Crippen molar-refractivity contribution < 1.29 is 9.21 Å². The normalized spacial score (nSPS) is 23.9. The van der Waals surface area contributed by atoms with E-state index >= 15 is 0 Å². The van der Waals surface area contributed by atoms with Crippen LogP contribution in [0.5, 0.6) is 0 Å². The Labute approximate surface area is 108 Å². The molecule has 100 valence electrons. The smallest absolute Gasteiger partial charge is 0.225 e. The van der Waals surface area contributed by atoms with Crippen LogP contribution in [0, 0.1) is 12.8 Å². The summed E-state index contributed by atoms with van der Waals surface area (Å²) in [6.07, 6.45) is 3.56. The van der Waals surface area contributed by atoms with Crippen molar-refractivity contribution in [1.82, 2.24) is 10.2 Å². The van der Waals surface area contributed by atoms with Gasteiger partial charge in [-0.1, -0.05) is 0 Å². The molecule has 0 unspecified atom stereocenters. The molecule has 4 heteroatoms. The Morgan fingerprint density at radius 1 is 1.61 bits per heavy atom. The first-order valence-corrected chi connectivity index (χ1v) is 6.59. The summed E-state index contributed by atoms with van der Waals surface area (Å²) in [5, 5.41) is 3.37. The third-order valence-corrected chi connectivity index (χ3v) is 3.72. The predicted molar refractivity (Wildman–Crippen MR) is 70.1 cm³/mol. The van der Waals surface area contributed by atoms with Gasteiger partial charge in [-0.15, -0.1) is 0 Å². The van der Waals surface area contributed by atoms with Crippen molar-refractivity contribution in [3.63, 3.8) is 0 Å². The van der Waals surface area contributed by atoms with Crippen molar-refractivity contribution in [2.75, 3.05) is 13.6 Å². The predicted octanol–water partition coefficient (Wildman–Crippen LogP) is 1.93. The van der Waals surface area contributed by atoms with Gasteiger partial charge in [-0.3, -0.25) is 4.79 Å². The van der Waals surface area contributed by atoms with Gasteiger partial charge in [0, 0.05) is 31.1 Å². The van der Waals surface area contributed by atoms with E-state index in [1.54, 1.807) is 6.26 Å². The number of nitrogens with zero attached hydrogens (tertiary/aromatic N) is 1. The molecule has 0 radical (unpaired) electrons. The molecule has 1 aliphatic heterocycles. The molecule has 1 aromatic rings. The van der Waals surface area contributed by atoms with Crippen LogP contribution in [-0.4, -0.2) is 30.4 Å². The standard InChI is InChI=1S/C14H22N2O2/c1-10-8-12(4-6-15-10)14(17)16(3)9-13-5-7-18-11(13)2/h5,7,10,12,15H,4,6,8-9H2,1-3H3/t10-,12-/m0/s1. The first-order valence-electron chi connectivity index (χ1n) is 6.59. The minimum atomic E-state index is 0.165. The second-order valence-electron chi connectivity index (χ2n) is 5.27. The molecule has 1 N–H and O–H groups in total. The molecule has 4 nitrogen and oxygen atoms in total. The average molecular weight is 250 g/mol. The number of nitrogens with one attached hydrogen (secondary N) is 1. The van der Waals surface area contributed by atoms with Crippen molar-refractivity contribution in [1.29, 1.82) is 0 Å². The fourth-order valence-corrected chi connectivity index (χ4v) is 2.58. The zero-order valence-electron chi connectivity index (χ0n) is 11.4. The number of furan rings is 1. The van der Waals surface area contributed by atoms with Crippen LogP contribution < -0.4 is 5.32 Å². The summed E-state index contributed by atoms with van der Waals surface area (Å²) in [5.41, 5.74) is 1.09. The van der Waals surface area contributed by atoms with Crippen molar-refractivity contribution in [2.24, 2.45) is 5.92 Å². The van der Waals surface area contributed by atoms with E-state index in [9.17, 15) is 4.79 Å². The first-order chi connectivity index (χ1) is 8.58. The highest BCUT2D eigenvalue weighted by molar-refractivity contribution is 5.78. The van der Waals surface area contributed by atoms with E-state index in [1.165, 1.54) is 0 Å². The van der Waals surface area contributed by atoms with Crippen molar-refractivity contribution in [3.8, 4) is 0 Å². The number of piperidine rings is 1. The van der Waals surface area contributed by atoms with Crippen LogP contribution in [0.15, 0.2) is 16.7 Å². The zero-order chi connectivity index (χ0) is 13.1. The number of hydrogen-bond acceptors (Lipinski definition) is 3. The van der Waals surface area contributed by atoms with E-state index in [4.69, 9.17) is 4.42 Å². The molecule has 2 atom stereocenters. The maximum atomic E-state index is 12.3. The minimum absolute atomic E-state index is 0.165. The van der Waals surface area contributed by atoms with Gasteiger partial charge in [0.25, 0.3) is 0 Å². The van der Waals surface area contributed by atoms with Gasteiger partial charge in [0.2, 0.25) is 5.91 Å². The Morgan fingerprint density at radius 3 is 3.00 bits per heavy atom.